The molecule has 0 fully saturated rings. The maximum Gasteiger partial charge on any atom is 0.0577 e. The number of aromatic amines is 1. The van der Waals surface area contributed by atoms with Gasteiger partial charge in [-0.15, -0.1) is 0 Å². The molecule has 2 rings (SSSR count). The van der Waals surface area contributed by atoms with Crippen molar-refractivity contribution in [3.05, 3.63) is 52.3 Å². The Bertz CT molecular complexity index is 492. The summed E-state index contributed by atoms with van der Waals surface area (Å²) in [6, 6.07) is 7.88. The number of halogens is 2. The Hall–Kier alpha value is -0.810. The highest BCUT2D eigenvalue weighted by Gasteiger charge is 2.02. The minimum atomic E-state index is 0.782. The first-order chi connectivity index (χ1) is 7.81. The first-order valence-electron chi connectivity index (χ1n) is 4.82. The highest BCUT2D eigenvalue weighted by molar-refractivity contribution is 14.1. The van der Waals surface area contributed by atoms with Gasteiger partial charge in [0.25, 0.3) is 0 Å². The molecule has 0 radical (unpaired) electrons. The molecule has 0 saturated heterocycles. The van der Waals surface area contributed by atoms with Crippen LogP contribution in [0.2, 0.25) is 5.02 Å². The zero-order chi connectivity index (χ0) is 11.4. The van der Waals surface area contributed by atoms with Gasteiger partial charge in [0.2, 0.25) is 0 Å². The van der Waals surface area contributed by atoms with E-state index in [0.29, 0.717) is 0 Å². The van der Waals surface area contributed by atoms with Crippen molar-refractivity contribution in [3.8, 4) is 0 Å². The Kier molecular flexibility index (Phi) is 4.01. The molecule has 2 nitrogen and oxygen atoms in total. The van der Waals surface area contributed by atoms with Gasteiger partial charge in [-0.3, -0.25) is 5.10 Å². The number of benzene rings is 1. The van der Waals surface area contributed by atoms with E-state index in [9.17, 15) is 0 Å². The van der Waals surface area contributed by atoms with Gasteiger partial charge in [-0.25, -0.2) is 0 Å². The average molecular weight is 345 g/mol. The summed E-state index contributed by atoms with van der Waals surface area (Å²) < 4.78 is 0.945. The van der Waals surface area contributed by atoms with Crippen LogP contribution in [0.15, 0.2) is 30.5 Å². The molecule has 16 heavy (non-hydrogen) atoms. The Labute approximate surface area is 113 Å². The van der Waals surface area contributed by atoms with Crippen LogP contribution in [0.25, 0.3) is 12.2 Å². The Morgan fingerprint density at radius 1 is 1.31 bits per heavy atom. The van der Waals surface area contributed by atoms with E-state index < -0.39 is 0 Å². The molecule has 82 valence electrons. The zero-order valence-electron chi connectivity index (χ0n) is 8.45. The number of alkyl halides is 1. The minimum Gasteiger partial charge on any atom is -0.278 e. The van der Waals surface area contributed by atoms with Crippen molar-refractivity contribution in [1.29, 1.82) is 0 Å². The third-order valence-corrected chi connectivity index (χ3v) is 3.39. The fourth-order valence-electron chi connectivity index (χ4n) is 1.42. The molecule has 0 bridgehead atoms. The summed E-state index contributed by atoms with van der Waals surface area (Å²) in [6.45, 7) is 0. The summed E-state index contributed by atoms with van der Waals surface area (Å²) >= 11 is 8.50. The summed E-state index contributed by atoms with van der Waals surface area (Å²) in [4.78, 5) is 0. The van der Waals surface area contributed by atoms with Crippen LogP contribution in [0.1, 0.15) is 16.8 Å². The molecule has 0 aliphatic rings. The van der Waals surface area contributed by atoms with Gasteiger partial charge in [0.15, 0.2) is 0 Å². The molecule has 1 heterocycles. The molecule has 1 N–H and O–H groups in total. The Balaban J connectivity index is 2.33. The Morgan fingerprint density at radius 3 is 2.88 bits per heavy atom. The molecule has 0 aliphatic heterocycles. The number of nitrogens with one attached hydrogen (secondary N) is 1. The largest absolute Gasteiger partial charge is 0.278 e. The van der Waals surface area contributed by atoms with E-state index in [2.05, 4.69) is 38.9 Å². The minimum absolute atomic E-state index is 0.782. The molecular formula is C12H10ClIN2. The highest BCUT2D eigenvalue weighted by Crippen LogP contribution is 2.24. The van der Waals surface area contributed by atoms with Crippen molar-refractivity contribution in [2.45, 2.75) is 4.43 Å². The van der Waals surface area contributed by atoms with Gasteiger partial charge in [-0.1, -0.05) is 52.4 Å². The molecule has 0 unspecified atom stereocenters. The lowest BCUT2D eigenvalue weighted by molar-refractivity contribution is 1.08. The van der Waals surface area contributed by atoms with Gasteiger partial charge in [0.05, 0.1) is 5.69 Å². The molecule has 0 atom stereocenters. The average Bonchev–Trinajstić information content (AvgIpc) is 2.80. The maximum absolute atomic E-state index is 6.17. The topological polar surface area (TPSA) is 28.7 Å². The first-order valence-corrected chi connectivity index (χ1v) is 6.72. The third-order valence-electron chi connectivity index (χ3n) is 2.24. The number of hydrogen-bond acceptors (Lipinski definition) is 1. The normalized spacial score (nSPS) is 11.1. The van der Waals surface area contributed by atoms with E-state index >= 15 is 0 Å². The van der Waals surface area contributed by atoms with Crippen LogP contribution in [0, 0.1) is 0 Å². The number of rotatable bonds is 3. The van der Waals surface area contributed by atoms with Crippen molar-refractivity contribution >= 4 is 46.3 Å². The summed E-state index contributed by atoms with van der Waals surface area (Å²) in [6.07, 6.45) is 5.72. The van der Waals surface area contributed by atoms with E-state index in [1.807, 2.05) is 30.4 Å². The van der Waals surface area contributed by atoms with Crippen LogP contribution < -0.4 is 0 Å². The van der Waals surface area contributed by atoms with Gasteiger partial charge in [0, 0.05) is 15.6 Å². The molecule has 0 saturated carbocycles. The van der Waals surface area contributed by atoms with E-state index in [-0.39, 0.29) is 0 Å². The van der Waals surface area contributed by atoms with Crippen LogP contribution in [0.5, 0.6) is 0 Å². The summed E-state index contributed by atoms with van der Waals surface area (Å²) in [7, 11) is 0. The lowest BCUT2D eigenvalue weighted by atomic mass is 10.1. The molecule has 0 spiro atoms. The van der Waals surface area contributed by atoms with Crippen molar-refractivity contribution in [2.24, 2.45) is 0 Å². The van der Waals surface area contributed by atoms with E-state index in [4.69, 9.17) is 11.6 Å². The second-order valence-corrected chi connectivity index (χ2v) is 4.46. The van der Waals surface area contributed by atoms with Crippen LogP contribution in [-0.2, 0) is 4.43 Å². The fraction of sp³-hybridized carbons (Fsp3) is 0.0833. The number of H-pyrrole nitrogens is 1. The lowest BCUT2D eigenvalue weighted by Crippen LogP contribution is -1.85. The fourth-order valence-corrected chi connectivity index (χ4v) is 2.34. The second-order valence-electron chi connectivity index (χ2n) is 3.29. The van der Waals surface area contributed by atoms with Gasteiger partial charge in [-0.05, 0) is 29.3 Å². The third kappa shape index (κ3) is 2.65. The predicted octanol–water partition coefficient (Wildman–Crippen LogP) is 4.17. The van der Waals surface area contributed by atoms with Crippen LogP contribution in [-0.4, -0.2) is 10.2 Å². The Morgan fingerprint density at radius 2 is 2.19 bits per heavy atom. The monoisotopic (exact) mass is 344 g/mol. The van der Waals surface area contributed by atoms with Crippen molar-refractivity contribution in [3.63, 3.8) is 0 Å². The lowest BCUT2D eigenvalue weighted by Gasteiger charge is -2.04. The van der Waals surface area contributed by atoms with Gasteiger partial charge < -0.3 is 0 Å². The van der Waals surface area contributed by atoms with Crippen molar-refractivity contribution in [2.75, 3.05) is 0 Å². The number of aromatic nitrogens is 2. The molecule has 0 aliphatic carbocycles. The number of hydrogen-bond donors (Lipinski definition) is 1. The number of nitrogens with zero attached hydrogens (tertiary/aromatic N) is 1. The van der Waals surface area contributed by atoms with Crippen LogP contribution >= 0.6 is 34.2 Å². The maximum atomic E-state index is 6.17. The summed E-state index contributed by atoms with van der Waals surface area (Å²) in [5.74, 6) is 0. The smallest absolute Gasteiger partial charge is 0.0577 e. The van der Waals surface area contributed by atoms with Gasteiger partial charge >= 0.3 is 0 Å². The summed E-state index contributed by atoms with van der Waals surface area (Å²) in [5, 5.41) is 7.55. The van der Waals surface area contributed by atoms with E-state index in [0.717, 1.165) is 20.7 Å². The first kappa shape index (κ1) is 11.7. The highest BCUT2D eigenvalue weighted by atomic mass is 127. The van der Waals surface area contributed by atoms with Gasteiger partial charge in [0.1, 0.15) is 0 Å². The molecular weight excluding hydrogens is 335 g/mol. The second kappa shape index (κ2) is 5.50. The predicted molar refractivity (Wildman–Crippen MR) is 76.7 cm³/mol. The molecule has 4 heteroatoms. The van der Waals surface area contributed by atoms with Gasteiger partial charge in [-0.2, -0.15) is 5.10 Å². The SMILES string of the molecule is Clc1cccc(CI)c1/C=C/c1ccn[nH]1. The van der Waals surface area contributed by atoms with Crippen molar-refractivity contribution in [1.82, 2.24) is 10.2 Å². The molecule has 1 aromatic heterocycles. The molecule has 0 amide bonds. The zero-order valence-corrected chi connectivity index (χ0v) is 11.4. The standard InChI is InChI=1S/C12H10ClIN2/c13-12-3-1-2-9(8-14)11(12)5-4-10-6-7-15-16-10/h1-7H,8H2,(H,15,16)/b5-4+. The van der Waals surface area contributed by atoms with Crippen LogP contribution in [0.4, 0.5) is 0 Å². The van der Waals surface area contributed by atoms with E-state index in [1.165, 1.54) is 5.56 Å². The quantitative estimate of drug-likeness (QED) is 0.657. The van der Waals surface area contributed by atoms with E-state index in [1.54, 1.807) is 6.20 Å². The molecule has 2 aromatic rings. The summed E-state index contributed by atoms with van der Waals surface area (Å²) in [5.41, 5.74) is 3.29. The molecule has 1 aromatic carbocycles. The van der Waals surface area contributed by atoms with Crippen molar-refractivity contribution < 1.29 is 0 Å². The van der Waals surface area contributed by atoms with Crippen LogP contribution in [0.3, 0.4) is 0 Å².